The monoisotopic (exact) mass is 587 g/mol. The van der Waals surface area contributed by atoms with Crippen molar-refractivity contribution in [3.8, 4) is 17.2 Å². The molecule has 35 heavy (non-hydrogen) atoms. The molecule has 2 amide bonds. The summed E-state index contributed by atoms with van der Waals surface area (Å²) in [7, 11) is 3.07. The minimum atomic E-state index is -0.901. The van der Waals surface area contributed by atoms with Crippen LogP contribution in [-0.4, -0.2) is 44.4 Å². The molecule has 2 N–H and O–H groups in total. The van der Waals surface area contributed by atoms with Gasteiger partial charge in [-0.3, -0.25) is 9.59 Å². The third kappa shape index (κ3) is 8.59. The number of carbonyl (C=O) groups excluding carboxylic acids is 2. The topological polar surface area (TPSA) is 98.2 Å². The molecule has 8 nitrogen and oxygen atoms in total. The van der Waals surface area contributed by atoms with E-state index in [2.05, 4.69) is 31.8 Å². The number of ether oxygens (including phenoxy) is 3. The second kappa shape index (κ2) is 13.6. The average molecular weight is 589 g/mol. The zero-order chi connectivity index (χ0) is 26.1. The highest BCUT2D eigenvalue weighted by molar-refractivity contribution is 9.10. The molecule has 0 radical (unpaired) electrons. The van der Waals surface area contributed by atoms with Crippen molar-refractivity contribution in [1.82, 2.24) is 10.7 Å². The molecule has 2 atom stereocenters. The van der Waals surface area contributed by atoms with E-state index in [0.29, 0.717) is 38.7 Å². The number of amides is 2. The van der Waals surface area contributed by atoms with E-state index in [-0.39, 0.29) is 10.9 Å². The minimum Gasteiger partial charge on any atom is -0.493 e. The number of carbonyl (C=O) groups is 2. The number of rotatable bonds is 11. The van der Waals surface area contributed by atoms with Crippen molar-refractivity contribution in [3.05, 3.63) is 50.4 Å². The van der Waals surface area contributed by atoms with E-state index in [1.165, 1.54) is 26.5 Å². The smallest absolute Gasteiger partial charge is 0.262 e. The van der Waals surface area contributed by atoms with Crippen molar-refractivity contribution >= 4 is 57.2 Å². The average Bonchev–Trinajstić information content (AvgIpc) is 2.80. The summed E-state index contributed by atoms with van der Waals surface area (Å²) < 4.78 is 16.9. The van der Waals surface area contributed by atoms with E-state index in [9.17, 15) is 9.59 Å². The summed E-state index contributed by atoms with van der Waals surface area (Å²) in [5.41, 5.74) is 3.15. The van der Waals surface area contributed by atoms with Gasteiger partial charge in [0.15, 0.2) is 17.6 Å². The van der Waals surface area contributed by atoms with Gasteiger partial charge in [-0.2, -0.15) is 5.10 Å². The number of nitrogens with one attached hydrogen (secondary N) is 2. The zero-order valence-corrected chi connectivity index (χ0v) is 23.1. The second-order valence-electron chi connectivity index (χ2n) is 7.99. The fourth-order valence-corrected chi connectivity index (χ4v) is 3.90. The van der Waals surface area contributed by atoms with Crippen LogP contribution in [0.2, 0.25) is 10.0 Å². The van der Waals surface area contributed by atoms with Crippen LogP contribution in [0.15, 0.2) is 39.9 Å². The molecule has 0 fully saturated rings. The molecule has 0 saturated heterocycles. The number of nitrogens with zero attached hydrogens (tertiary/aromatic N) is 1. The first kappa shape index (κ1) is 28.7. The van der Waals surface area contributed by atoms with Crippen LogP contribution in [0.3, 0.4) is 0 Å². The first-order chi connectivity index (χ1) is 16.5. The van der Waals surface area contributed by atoms with E-state index < -0.39 is 24.0 Å². The van der Waals surface area contributed by atoms with E-state index in [4.69, 9.17) is 37.4 Å². The fraction of sp³-hybridized carbons (Fsp3) is 0.375. The van der Waals surface area contributed by atoms with Crippen molar-refractivity contribution in [1.29, 1.82) is 0 Å². The minimum absolute atomic E-state index is 0.136. The maximum Gasteiger partial charge on any atom is 0.262 e. The predicted molar refractivity (Wildman–Crippen MR) is 141 cm³/mol. The molecule has 0 saturated carbocycles. The second-order valence-corrected chi connectivity index (χ2v) is 9.69. The Morgan fingerprint density at radius 3 is 2.29 bits per heavy atom. The maximum absolute atomic E-state index is 12.8. The van der Waals surface area contributed by atoms with Gasteiger partial charge in [-0.1, -0.05) is 37.0 Å². The predicted octanol–water partition coefficient (Wildman–Crippen LogP) is 5.22. The van der Waals surface area contributed by atoms with Crippen LogP contribution in [0.25, 0.3) is 0 Å². The van der Waals surface area contributed by atoms with Crippen LogP contribution in [0.5, 0.6) is 17.2 Å². The third-order valence-electron chi connectivity index (χ3n) is 4.79. The lowest BCUT2D eigenvalue weighted by atomic mass is 10.0. The number of hydrogen-bond donors (Lipinski definition) is 2. The van der Waals surface area contributed by atoms with Gasteiger partial charge in [0.25, 0.3) is 11.8 Å². The molecule has 0 heterocycles. The summed E-state index contributed by atoms with van der Waals surface area (Å²) in [5, 5.41) is 7.50. The highest BCUT2D eigenvalue weighted by Crippen LogP contribution is 2.32. The van der Waals surface area contributed by atoms with Crippen LogP contribution >= 0.6 is 39.1 Å². The Bertz CT molecular complexity index is 1080. The van der Waals surface area contributed by atoms with Crippen molar-refractivity contribution in [2.45, 2.75) is 39.3 Å². The number of benzene rings is 2. The number of hydrazone groups is 1. The molecular formula is C24H28BrCl2N3O5. The molecule has 0 bridgehead atoms. The first-order valence-electron chi connectivity index (χ1n) is 10.7. The Kier molecular flexibility index (Phi) is 11.1. The Hall–Kier alpha value is -2.49. The van der Waals surface area contributed by atoms with Gasteiger partial charge in [-0.15, -0.1) is 0 Å². The lowest BCUT2D eigenvalue weighted by Gasteiger charge is -2.22. The molecule has 190 valence electrons. The molecule has 0 aliphatic rings. The molecule has 0 aliphatic carbocycles. The van der Waals surface area contributed by atoms with Gasteiger partial charge < -0.3 is 19.5 Å². The van der Waals surface area contributed by atoms with E-state index in [0.717, 1.165) is 0 Å². The Labute approximate surface area is 223 Å². The molecule has 2 aromatic carbocycles. The van der Waals surface area contributed by atoms with Gasteiger partial charge in [-0.05, 0) is 65.5 Å². The van der Waals surface area contributed by atoms with Crippen LogP contribution in [0, 0.1) is 5.92 Å². The standard InChI is InChI=1S/C24H28BrCl2N3O5/c1-13(2)8-19(29-23(31)14(3)35-20-7-6-16(26)10-18(20)27)24(32)30-28-12-15-9-21(33-4)22(34-5)11-17(15)25/h6-7,9-14,19H,8H2,1-5H3,(H,29,31)(H,30,32)/b28-12-/t14-,19-/m1/s1. The Balaban J connectivity index is 2.07. The van der Waals surface area contributed by atoms with E-state index in [1.807, 2.05) is 13.8 Å². The summed E-state index contributed by atoms with van der Waals surface area (Å²) in [6, 6.07) is 7.34. The molecule has 0 unspecified atom stereocenters. The first-order valence-corrected chi connectivity index (χ1v) is 12.3. The van der Waals surface area contributed by atoms with E-state index >= 15 is 0 Å². The Morgan fingerprint density at radius 2 is 1.69 bits per heavy atom. The van der Waals surface area contributed by atoms with Gasteiger partial charge >= 0.3 is 0 Å². The zero-order valence-electron chi connectivity index (χ0n) is 20.0. The largest absolute Gasteiger partial charge is 0.493 e. The summed E-state index contributed by atoms with van der Waals surface area (Å²) in [5.74, 6) is 0.588. The lowest BCUT2D eigenvalue weighted by Crippen LogP contribution is -2.49. The normalized spacial score (nSPS) is 12.8. The van der Waals surface area contributed by atoms with Crippen molar-refractivity contribution in [2.24, 2.45) is 11.0 Å². The van der Waals surface area contributed by atoms with Crippen molar-refractivity contribution in [3.63, 3.8) is 0 Å². The highest BCUT2D eigenvalue weighted by Gasteiger charge is 2.25. The van der Waals surface area contributed by atoms with Crippen molar-refractivity contribution < 1.29 is 23.8 Å². The van der Waals surface area contributed by atoms with Crippen LogP contribution in [-0.2, 0) is 9.59 Å². The molecule has 0 aromatic heterocycles. The number of halogens is 3. The maximum atomic E-state index is 12.8. The highest BCUT2D eigenvalue weighted by atomic mass is 79.9. The fourth-order valence-electron chi connectivity index (χ4n) is 3.02. The molecular weight excluding hydrogens is 561 g/mol. The third-order valence-corrected chi connectivity index (χ3v) is 6.01. The molecule has 2 aromatic rings. The Morgan fingerprint density at radius 1 is 1.03 bits per heavy atom. The van der Waals surface area contributed by atoms with Gasteiger partial charge in [0, 0.05) is 15.1 Å². The molecule has 2 rings (SSSR count). The SMILES string of the molecule is COc1cc(Br)c(/C=N\NC(=O)[C@@H](CC(C)C)NC(=O)[C@@H](C)Oc2ccc(Cl)cc2Cl)cc1OC. The molecule has 0 spiro atoms. The van der Waals surface area contributed by atoms with Crippen LogP contribution in [0.4, 0.5) is 0 Å². The van der Waals surface area contributed by atoms with Gasteiger partial charge in [0.1, 0.15) is 11.8 Å². The van der Waals surface area contributed by atoms with Gasteiger partial charge in [0.2, 0.25) is 0 Å². The number of hydrogen-bond acceptors (Lipinski definition) is 6. The van der Waals surface area contributed by atoms with Gasteiger partial charge in [0.05, 0.1) is 25.5 Å². The lowest BCUT2D eigenvalue weighted by molar-refractivity contribution is -0.132. The molecule has 0 aliphatic heterocycles. The summed E-state index contributed by atoms with van der Waals surface area (Å²) >= 11 is 15.5. The van der Waals surface area contributed by atoms with Crippen molar-refractivity contribution in [2.75, 3.05) is 14.2 Å². The quantitative estimate of drug-likeness (QED) is 0.277. The summed E-state index contributed by atoms with van der Waals surface area (Å²) in [6.07, 6.45) is 0.968. The molecule has 11 heteroatoms. The number of methoxy groups -OCH3 is 2. The summed E-state index contributed by atoms with van der Waals surface area (Å²) in [4.78, 5) is 25.6. The van der Waals surface area contributed by atoms with E-state index in [1.54, 1.807) is 31.2 Å². The van der Waals surface area contributed by atoms with Crippen LogP contribution < -0.4 is 25.0 Å². The summed E-state index contributed by atoms with van der Waals surface area (Å²) in [6.45, 7) is 5.46. The van der Waals surface area contributed by atoms with Gasteiger partial charge in [-0.25, -0.2) is 5.43 Å². The van der Waals surface area contributed by atoms with Crippen LogP contribution in [0.1, 0.15) is 32.8 Å².